The summed E-state index contributed by atoms with van der Waals surface area (Å²) < 4.78 is 0. The van der Waals surface area contributed by atoms with Crippen molar-refractivity contribution in [3.8, 4) is 5.75 Å². The van der Waals surface area contributed by atoms with Crippen LogP contribution in [0.4, 0.5) is 0 Å². The number of rotatable bonds is 3. The fraction of sp³-hybridized carbons (Fsp3) is 0.353. The average Bonchev–Trinajstić information content (AvgIpc) is 2.44. The normalized spacial score (nSPS) is 15.1. The molecule has 6 heteroatoms. The second-order valence-electron chi connectivity index (χ2n) is 6.42. The molecule has 0 fully saturated rings. The van der Waals surface area contributed by atoms with Crippen LogP contribution < -0.4 is 5.32 Å². The molecule has 0 aromatic heterocycles. The van der Waals surface area contributed by atoms with E-state index in [1.54, 1.807) is 12.1 Å². The van der Waals surface area contributed by atoms with Gasteiger partial charge in [0.25, 0.3) is 0 Å². The molecule has 4 nitrogen and oxygen atoms in total. The molecule has 0 unspecified atom stereocenters. The summed E-state index contributed by atoms with van der Waals surface area (Å²) in [5, 5.41) is 13.5. The summed E-state index contributed by atoms with van der Waals surface area (Å²) in [6.45, 7) is 6.94. The van der Waals surface area contributed by atoms with E-state index in [0.29, 0.717) is 27.9 Å². The lowest BCUT2D eigenvalue weighted by molar-refractivity contribution is -0.119. The highest BCUT2D eigenvalue weighted by molar-refractivity contribution is 6.32. The highest BCUT2D eigenvalue weighted by atomic mass is 35.5. The first kappa shape index (κ1) is 17.7. The van der Waals surface area contributed by atoms with E-state index in [1.165, 1.54) is 6.07 Å². The number of hydrogen-bond acceptors (Lipinski definition) is 3. The van der Waals surface area contributed by atoms with Gasteiger partial charge in [-0.2, -0.15) is 0 Å². The van der Waals surface area contributed by atoms with Gasteiger partial charge in [-0.3, -0.25) is 4.79 Å². The molecule has 124 valence electrons. The molecule has 1 aliphatic rings. The molecule has 23 heavy (non-hydrogen) atoms. The Balaban J connectivity index is 2.03. The maximum Gasteiger partial charge on any atom is 0.228 e. The van der Waals surface area contributed by atoms with Crippen LogP contribution in [0.25, 0.3) is 0 Å². The van der Waals surface area contributed by atoms with E-state index in [4.69, 9.17) is 23.2 Å². The summed E-state index contributed by atoms with van der Waals surface area (Å²) in [4.78, 5) is 14.3. The minimum absolute atomic E-state index is 0.0247. The third-order valence-electron chi connectivity index (χ3n) is 3.55. The van der Waals surface area contributed by atoms with E-state index < -0.39 is 0 Å². The smallest absolute Gasteiger partial charge is 0.228 e. The summed E-state index contributed by atoms with van der Waals surface area (Å²) in [6.07, 6.45) is 3.73. The van der Waals surface area contributed by atoms with Crippen molar-refractivity contribution in [2.24, 2.45) is 0 Å². The fourth-order valence-corrected chi connectivity index (χ4v) is 2.62. The number of carbonyl (C=O) groups excluding carboxylic acids is 1. The molecule has 0 aliphatic carbocycles. The fourth-order valence-electron chi connectivity index (χ4n) is 2.19. The van der Waals surface area contributed by atoms with Crippen LogP contribution >= 0.6 is 23.2 Å². The molecule has 1 heterocycles. The minimum atomic E-state index is -0.260. The van der Waals surface area contributed by atoms with Gasteiger partial charge in [0, 0.05) is 28.9 Å². The zero-order chi connectivity index (χ0) is 17.2. The Morgan fingerprint density at radius 2 is 2.04 bits per heavy atom. The number of carbonyl (C=O) groups is 1. The summed E-state index contributed by atoms with van der Waals surface area (Å²) in [5.41, 5.74) is 1.01. The van der Waals surface area contributed by atoms with Crippen molar-refractivity contribution in [3.05, 3.63) is 51.8 Å². The first-order valence-corrected chi connectivity index (χ1v) is 8.04. The molecular weight excluding hydrogens is 335 g/mol. The van der Waals surface area contributed by atoms with Gasteiger partial charge >= 0.3 is 0 Å². The monoisotopic (exact) mass is 354 g/mol. The maximum absolute atomic E-state index is 12.2. The van der Waals surface area contributed by atoms with Crippen LogP contribution in [0.2, 0.25) is 5.02 Å². The van der Waals surface area contributed by atoms with E-state index in [1.807, 2.05) is 12.3 Å². The van der Waals surface area contributed by atoms with Gasteiger partial charge in [0.05, 0.1) is 17.2 Å². The lowest BCUT2D eigenvalue weighted by Crippen LogP contribution is -2.40. The van der Waals surface area contributed by atoms with Crippen molar-refractivity contribution < 1.29 is 9.90 Å². The molecule has 0 saturated heterocycles. The summed E-state index contributed by atoms with van der Waals surface area (Å²) in [7, 11) is 0. The SMILES string of the molecule is CC(C)(C)N1C=C(Cl)C(NC(=O)Cc2cc(Cl)ccc2O)=CC1. The molecule has 1 aromatic rings. The average molecular weight is 355 g/mol. The quantitative estimate of drug-likeness (QED) is 0.868. The Morgan fingerprint density at radius 3 is 2.65 bits per heavy atom. The first-order valence-electron chi connectivity index (χ1n) is 7.28. The molecule has 2 rings (SSSR count). The Labute approximate surface area is 146 Å². The van der Waals surface area contributed by atoms with Gasteiger partial charge < -0.3 is 15.3 Å². The number of aromatic hydroxyl groups is 1. The molecule has 1 aromatic carbocycles. The van der Waals surface area contributed by atoms with Gasteiger partial charge in [0.2, 0.25) is 5.91 Å². The first-order chi connectivity index (χ1) is 10.7. The van der Waals surface area contributed by atoms with Crippen molar-refractivity contribution >= 4 is 29.1 Å². The molecule has 0 spiro atoms. The Morgan fingerprint density at radius 1 is 1.35 bits per heavy atom. The van der Waals surface area contributed by atoms with Gasteiger partial charge in [0.15, 0.2) is 0 Å². The molecule has 0 atom stereocenters. The van der Waals surface area contributed by atoms with Crippen LogP contribution in [0.3, 0.4) is 0 Å². The predicted octanol–water partition coefficient (Wildman–Crippen LogP) is 3.78. The Kier molecular flexibility index (Phi) is 5.27. The topological polar surface area (TPSA) is 52.6 Å². The van der Waals surface area contributed by atoms with E-state index in [9.17, 15) is 9.90 Å². The zero-order valence-corrected chi connectivity index (χ0v) is 14.9. The van der Waals surface area contributed by atoms with Gasteiger partial charge in [-0.1, -0.05) is 23.2 Å². The second kappa shape index (κ2) is 6.85. The van der Waals surface area contributed by atoms with E-state index in [-0.39, 0.29) is 23.6 Å². The number of nitrogens with zero attached hydrogens (tertiary/aromatic N) is 1. The predicted molar refractivity (Wildman–Crippen MR) is 93.4 cm³/mol. The molecular formula is C17H20Cl2N2O2. The zero-order valence-electron chi connectivity index (χ0n) is 13.4. The number of phenolic OH excluding ortho intramolecular Hbond substituents is 1. The second-order valence-corrected chi connectivity index (χ2v) is 7.26. The van der Waals surface area contributed by atoms with Gasteiger partial charge in [0.1, 0.15) is 5.75 Å². The third kappa shape index (κ3) is 4.66. The largest absolute Gasteiger partial charge is 0.508 e. The van der Waals surface area contributed by atoms with Crippen molar-refractivity contribution in [2.45, 2.75) is 32.7 Å². The van der Waals surface area contributed by atoms with Crippen LogP contribution in [-0.2, 0) is 11.2 Å². The molecule has 1 amide bonds. The number of benzene rings is 1. The van der Waals surface area contributed by atoms with Crippen LogP contribution in [0.5, 0.6) is 5.75 Å². The minimum Gasteiger partial charge on any atom is -0.508 e. The van der Waals surface area contributed by atoms with Crippen molar-refractivity contribution in [1.29, 1.82) is 0 Å². The molecule has 2 N–H and O–H groups in total. The summed E-state index contributed by atoms with van der Waals surface area (Å²) >= 11 is 12.1. The van der Waals surface area contributed by atoms with Crippen LogP contribution in [-0.4, -0.2) is 28.0 Å². The van der Waals surface area contributed by atoms with Crippen LogP contribution in [0.1, 0.15) is 26.3 Å². The van der Waals surface area contributed by atoms with E-state index >= 15 is 0 Å². The van der Waals surface area contributed by atoms with Crippen LogP contribution in [0, 0.1) is 0 Å². The van der Waals surface area contributed by atoms with Gasteiger partial charge in [-0.15, -0.1) is 0 Å². The highest BCUT2D eigenvalue weighted by Gasteiger charge is 2.22. The number of phenols is 1. The third-order valence-corrected chi connectivity index (χ3v) is 4.08. The van der Waals surface area contributed by atoms with E-state index in [0.717, 1.165) is 0 Å². The van der Waals surface area contributed by atoms with Gasteiger partial charge in [-0.25, -0.2) is 0 Å². The highest BCUT2D eigenvalue weighted by Crippen LogP contribution is 2.25. The van der Waals surface area contributed by atoms with Crippen molar-refractivity contribution in [2.75, 3.05) is 6.54 Å². The maximum atomic E-state index is 12.2. The number of nitrogens with one attached hydrogen (secondary N) is 1. The van der Waals surface area contributed by atoms with E-state index in [2.05, 4.69) is 31.0 Å². The van der Waals surface area contributed by atoms with Crippen molar-refractivity contribution in [1.82, 2.24) is 10.2 Å². The van der Waals surface area contributed by atoms with Crippen molar-refractivity contribution in [3.63, 3.8) is 0 Å². The standard InChI is InChI=1S/C17H20Cl2N2O2/c1-17(2,3)21-7-6-14(13(19)10-21)20-16(23)9-11-8-12(18)4-5-15(11)22/h4-6,8,10,22H,7,9H2,1-3H3,(H,20,23). The summed E-state index contributed by atoms with van der Waals surface area (Å²) in [5.74, 6) is -0.215. The van der Waals surface area contributed by atoms with Gasteiger partial charge in [-0.05, 0) is 45.0 Å². The number of allylic oxidation sites excluding steroid dienone is 1. The number of halogens is 2. The summed E-state index contributed by atoms with van der Waals surface area (Å²) in [6, 6.07) is 4.62. The Hall–Kier alpha value is -1.65. The molecule has 1 aliphatic heterocycles. The molecule has 0 radical (unpaired) electrons. The van der Waals surface area contributed by atoms with Crippen LogP contribution in [0.15, 0.2) is 41.2 Å². The number of amides is 1. The lowest BCUT2D eigenvalue weighted by Gasteiger charge is -2.36. The Bertz CT molecular complexity index is 676. The lowest BCUT2D eigenvalue weighted by atomic mass is 10.1. The molecule has 0 bridgehead atoms. The number of hydrogen-bond donors (Lipinski definition) is 2. The molecule has 0 saturated carbocycles.